The molecule has 0 aliphatic carbocycles. The molecule has 7 heteroatoms. The number of carbonyl (C=O) groups excluding carboxylic acids is 2. The van der Waals surface area contributed by atoms with Crippen molar-refractivity contribution in [1.29, 1.82) is 0 Å². The average Bonchev–Trinajstić information content (AvgIpc) is 2.62. The van der Waals surface area contributed by atoms with Crippen LogP contribution >= 0.6 is 11.6 Å². The van der Waals surface area contributed by atoms with Crippen molar-refractivity contribution in [1.82, 2.24) is 5.43 Å². The van der Waals surface area contributed by atoms with E-state index in [1.54, 1.807) is 54.6 Å². The van der Waals surface area contributed by atoms with Crippen LogP contribution in [0.15, 0.2) is 66.3 Å². The van der Waals surface area contributed by atoms with E-state index in [0.29, 0.717) is 23.1 Å². The van der Waals surface area contributed by atoms with Crippen molar-refractivity contribution in [2.45, 2.75) is 0 Å². The first-order valence-corrected chi connectivity index (χ1v) is 7.70. The van der Waals surface area contributed by atoms with Gasteiger partial charge in [0.15, 0.2) is 0 Å². The lowest BCUT2D eigenvalue weighted by atomic mass is 10.2. The Kier molecular flexibility index (Phi) is 6.74. The van der Waals surface area contributed by atoms with Gasteiger partial charge in [-0.15, -0.1) is 0 Å². The Morgan fingerprint density at radius 2 is 1.76 bits per heavy atom. The van der Waals surface area contributed by atoms with E-state index in [9.17, 15) is 9.59 Å². The van der Waals surface area contributed by atoms with Crippen LogP contribution in [0.5, 0.6) is 5.75 Å². The summed E-state index contributed by atoms with van der Waals surface area (Å²) in [6, 6.07) is 13.5. The molecule has 0 radical (unpaired) electrons. The molecule has 2 N–H and O–H groups in total. The molecule has 0 saturated carbocycles. The van der Waals surface area contributed by atoms with Gasteiger partial charge in [-0.25, -0.2) is 5.43 Å². The molecular weight excluding hydrogens is 342 g/mol. The maximum absolute atomic E-state index is 11.7. The number of hydrazone groups is 1. The summed E-state index contributed by atoms with van der Waals surface area (Å²) < 4.78 is 5.35. The highest BCUT2D eigenvalue weighted by Gasteiger charge is 2.12. The van der Waals surface area contributed by atoms with Gasteiger partial charge in [-0.3, -0.25) is 9.59 Å². The second kappa shape index (κ2) is 9.24. The van der Waals surface area contributed by atoms with Crippen LogP contribution in [0.3, 0.4) is 0 Å². The first kappa shape index (κ1) is 18.2. The van der Waals surface area contributed by atoms with Crippen molar-refractivity contribution in [2.24, 2.45) is 5.10 Å². The largest absolute Gasteiger partial charge is 0.490 e. The molecular formula is C18H16ClN3O3. The normalized spacial score (nSPS) is 10.3. The van der Waals surface area contributed by atoms with Crippen molar-refractivity contribution < 1.29 is 14.3 Å². The zero-order chi connectivity index (χ0) is 18.1. The standard InChI is InChI=1S/C18H16ClN3O3/c1-2-11-25-16-9-3-13(4-10-16)12-20-22-18(24)17(23)21-15-7-5-14(19)6-8-15/h2-10,12H,1,11H2,(H,21,23)(H,22,24)/b20-12-. The molecule has 0 unspecified atom stereocenters. The highest BCUT2D eigenvalue weighted by Crippen LogP contribution is 2.13. The summed E-state index contributed by atoms with van der Waals surface area (Å²) in [5, 5.41) is 6.72. The van der Waals surface area contributed by atoms with Crippen LogP contribution in [0.2, 0.25) is 5.02 Å². The number of amides is 2. The third kappa shape index (κ3) is 6.12. The summed E-state index contributed by atoms with van der Waals surface area (Å²) in [7, 11) is 0. The minimum Gasteiger partial charge on any atom is -0.490 e. The number of carbonyl (C=O) groups is 2. The molecule has 2 aromatic rings. The molecule has 6 nitrogen and oxygen atoms in total. The number of hydrogen-bond acceptors (Lipinski definition) is 4. The quantitative estimate of drug-likeness (QED) is 0.361. The summed E-state index contributed by atoms with van der Waals surface area (Å²) in [4.78, 5) is 23.4. The third-order valence-electron chi connectivity index (χ3n) is 2.94. The summed E-state index contributed by atoms with van der Waals surface area (Å²) in [6.07, 6.45) is 3.07. The monoisotopic (exact) mass is 357 g/mol. The van der Waals surface area contributed by atoms with Crippen molar-refractivity contribution in [3.05, 3.63) is 71.8 Å². The van der Waals surface area contributed by atoms with E-state index in [0.717, 1.165) is 5.56 Å². The number of nitrogens with one attached hydrogen (secondary N) is 2. The number of anilines is 1. The van der Waals surface area contributed by atoms with Gasteiger partial charge < -0.3 is 10.1 Å². The smallest absolute Gasteiger partial charge is 0.329 e. The Labute approximate surface area is 150 Å². The number of rotatable bonds is 6. The fourth-order valence-electron chi connectivity index (χ4n) is 1.74. The Balaban J connectivity index is 1.83. The fourth-order valence-corrected chi connectivity index (χ4v) is 1.87. The van der Waals surface area contributed by atoms with E-state index in [1.165, 1.54) is 6.21 Å². The minimum atomic E-state index is -0.878. The van der Waals surface area contributed by atoms with Crippen LogP contribution in [0.4, 0.5) is 5.69 Å². The van der Waals surface area contributed by atoms with Gasteiger partial charge in [0, 0.05) is 10.7 Å². The van der Waals surface area contributed by atoms with Crippen LogP contribution in [0.25, 0.3) is 0 Å². The molecule has 2 amide bonds. The van der Waals surface area contributed by atoms with Crippen molar-refractivity contribution in [2.75, 3.05) is 11.9 Å². The Hall–Kier alpha value is -3.12. The molecule has 0 aromatic heterocycles. The zero-order valence-corrected chi connectivity index (χ0v) is 14.0. The molecule has 128 valence electrons. The molecule has 2 rings (SSSR count). The average molecular weight is 358 g/mol. The van der Waals surface area contributed by atoms with Crippen LogP contribution in [0, 0.1) is 0 Å². The lowest BCUT2D eigenvalue weighted by molar-refractivity contribution is -0.136. The van der Waals surface area contributed by atoms with Gasteiger partial charge in [0.2, 0.25) is 0 Å². The SMILES string of the molecule is C=CCOc1ccc(/C=N\NC(=O)C(=O)Nc2ccc(Cl)cc2)cc1. The van der Waals surface area contributed by atoms with Gasteiger partial charge in [-0.1, -0.05) is 24.3 Å². The van der Waals surface area contributed by atoms with Crippen LogP contribution in [0.1, 0.15) is 5.56 Å². The predicted molar refractivity (Wildman–Crippen MR) is 98.0 cm³/mol. The van der Waals surface area contributed by atoms with E-state index in [1.807, 2.05) is 0 Å². The van der Waals surface area contributed by atoms with Crippen molar-refractivity contribution in [3.8, 4) is 5.75 Å². The van der Waals surface area contributed by atoms with Crippen molar-refractivity contribution >= 4 is 35.3 Å². The second-order valence-corrected chi connectivity index (χ2v) is 5.27. The molecule has 0 saturated heterocycles. The molecule has 0 heterocycles. The molecule has 0 bridgehead atoms. The van der Waals surface area contributed by atoms with E-state index >= 15 is 0 Å². The molecule has 0 atom stereocenters. The van der Waals surface area contributed by atoms with Gasteiger partial charge in [-0.2, -0.15) is 5.10 Å². The molecule has 0 aliphatic rings. The third-order valence-corrected chi connectivity index (χ3v) is 3.19. The number of ether oxygens (including phenoxy) is 1. The highest BCUT2D eigenvalue weighted by molar-refractivity contribution is 6.39. The minimum absolute atomic E-state index is 0.423. The predicted octanol–water partition coefficient (Wildman–Crippen LogP) is 2.99. The maximum atomic E-state index is 11.7. The van der Waals surface area contributed by atoms with E-state index in [2.05, 4.69) is 22.4 Å². The Morgan fingerprint density at radius 1 is 1.08 bits per heavy atom. The topological polar surface area (TPSA) is 79.8 Å². The first-order valence-electron chi connectivity index (χ1n) is 7.32. The Bertz CT molecular complexity index is 771. The molecule has 25 heavy (non-hydrogen) atoms. The summed E-state index contributed by atoms with van der Waals surface area (Å²) in [6.45, 7) is 3.99. The first-order chi connectivity index (χ1) is 12.1. The maximum Gasteiger partial charge on any atom is 0.329 e. The van der Waals surface area contributed by atoms with Gasteiger partial charge in [-0.05, 0) is 54.1 Å². The molecule has 0 fully saturated rings. The van der Waals surface area contributed by atoms with Crippen LogP contribution in [-0.4, -0.2) is 24.6 Å². The number of halogens is 1. The number of hydrogen-bond donors (Lipinski definition) is 2. The lowest BCUT2D eigenvalue weighted by Gasteiger charge is -2.04. The molecule has 2 aromatic carbocycles. The highest BCUT2D eigenvalue weighted by atomic mass is 35.5. The fraction of sp³-hybridized carbons (Fsp3) is 0.0556. The molecule has 0 aliphatic heterocycles. The van der Waals surface area contributed by atoms with Gasteiger partial charge in [0.25, 0.3) is 0 Å². The van der Waals surface area contributed by atoms with Crippen LogP contribution < -0.4 is 15.5 Å². The van der Waals surface area contributed by atoms with Gasteiger partial charge >= 0.3 is 11.8 Å². The summed E-state index contributed by atoms with van der Waals surface area (Å²) in [5.41, 5.74) is 3.36. The zero-order valence-electron chi connectivity index (χ0n) is 13.2. The van der Waals surface area contributed by atoms with Gasteiger partial charge in [0.05, 0.1) is 6.21 Å². The molecule has 0 spiro atoms. The van der Waals surface area contributed by atoms with Gasteiger partial charge in [0.1, 0.15) is 12.4 Å². The second-order valence-electron chi connectivity index (χ2n) is 4.83. The number of benzene rings is 2. The Morgan fingerprint density at radius 3 is 2.40 bits per heavy atom. The van der Waals surface area contributed by atoms with E-state index in [-0.39, 0.29) is 0 Å². The van der Waals surface area contributed by atoms with E-state index < -0.39 is 11.8 Å². The summed E-state index contributed by atoms with van der Waals surface area (Å²) in [5.74, 6) is -1.01. The lowest BCUT2D eigenvalue weighted by Crippen LogP contribution is -2.32. The number of nitrogens with zero attached hydrogens (tertiary/aromatic N) is 1. The van der Waals surface area contributed by atoms with Crippen molar-refractivity contribution in [3.63, 3.8) is 0 Å². The van der Waals surface area contributed by atoms with Crippen LogP contribution in [-0.2, 0) is 9.59 Å². The van der Waals surface area contributed by atoms with E-state index in [4.69, 9.17) is 16.3 Å². The summed E-state index contributed by atoms with van der Waals surface area (Å²) >= 11 is 5.75.